The summed E-state index contributed by atoms with van der Waals surface area (Å²) in [6.07, 6.45) is 3.39. The first-order chi connectivity index (χ1) is 11.2. The largest absolute Gasteiger partial charge is 0.493 e. The molecule has 2 aromatic rings. The van der Waals surface area contributed by atoms with Gasteiger partial charge in [-0.05, 0) is 55.9 Å². The van der Waals surface area contributed by atoms with E-state index < -0.39 is 0 Å². The second-order valence-electron chi connectivity index (χ2n) is 6.17. The van der Waals surface area contributed by atoms with Crippen LogP contribution in [0.25, 0.3) is 11.3 Å². The lowest BCUT2D eigenvalue weighted by atomic mass is 9.97. The van der Waals surface area contributed by atoms with Crippen LogP contribution in [-0.2, 0) is 13.0 Å². The van der Waals surface area contributed by atoms with Crippen molar-refractivity contribution in [2.24, 2.45) is 5.92 Å². The van der Waals surface area contributed by atoms with Crippen LogP contribution in [0.4, 0.5) is 0 Å². The van der Waals surface area contributed by atoms with Crippen LogP contribution in [0.3, 0.4) is 0 Å². The van der Waals surface area contributed by atoms with Gasteiger partial charge in [0.15, 0.2) is 0 Å². The van der Waals surface area contributed by atoms with E-state index in [1.54, 1.807) is 4.57 Å². The van der Waals surface area contributed by atoms with E-state index in [9.17, 15) is 4.79 Å². The van der Waals surface area contributed by atoms with E-state index in [0.29, 0.717) is 19.0 Å². The third-order valence-electron chi connectivity index (χ3n) is 4.42. The number of hydrogen-bond donors (Lipinski definition) is 0. The number of fused-ring (bicyclic) bond motifs is 3. The predicted octanol–water partition coefficient (Wildman–Crippen LogP) is 2.65. The molecule has 0 unspecified atom stereocenters. The van der Waals surface area contributed by atoms with Crippen molar-refractivity contribution in [2.45, 2.75) is 32.7 Å². The number of benzene rings is 1. The Hall–Kier alpha value is -2.30. The number of aryl methyl sites for hydroxylation is 1. The molecule has 1 aromatic carbocycles. The summed E-state index contributed by atoms with van der Waals surface area (Å²) >= 11 is 0. The predicted molar refractivity (Wildman–Crippen MR) is 87.0 cm³/mol. The van der Waals surface area contributed by atoms with Crippen LogP contribution in [0.5, 0.6) is 11.6 Å². The molecule has 0 N–H and O–H groups in total. The first-order valence-electron chi connectivity index (χ1n) is 8.25. The lowest BCUT2D eigenvalue weighted by molar-refractivity contribution is 0.299. The van der Waals surface area contributed by atoms with E-state index in [1.807, 2.05) is 25.1 Å². The first-order valence-corrected chi connectivity index (χ1v) is 8.25. The lowest BCUT2D eigenvalue weighted by Gasteiger charge is -2.22. The third-order valence-corrected chi connectivity index (χ3v) is 4.42. The molecule has 5 heteroatoms. The van der Waals surface area contributed by atoms with Crippen molar-refractivity contribution in [3.63, 3.8) is 0 Å². The average molecular weight is 312 g/mol. The summed E-state index contributed by atoms with van der Waals surface area (Å²) in [6.45, 7) is 3.84. The second-order valence-corrected chi connectivity index (χ2v) is 6.17. The van der Waals surface area contributed by atoms with E-state index in [1.165, 1.54) is 18.4 Å². The summed E-state index contributed by atoms with van der Waals surface area (Å²) < 4.78 is 13.0. The highest BCUT2D eigenvalue weighted by molar-refractivity contribution is 5.67. The minimum absolute atomic E-state index is 0.245. The molecule has 120 valence electrons. The molecule has 0 amide bonds. The van der Waals surface area contributed by atoms with Crippen LogP contribution in [0.2, 0.25) is 0 Å². The molecule has 5 nitrogen and oxygen atoms in total. The summed E-state index contributed by atoms with van der Waals surface area (Å²) in [7, 11) is 0. The van der Waals surface area contributed by atoms with Crippen molar-refractivity contribution in [3.05, 3.63) is 40.3 Å². The maximum absolute atomic E-state index is 12.2. The third kappa shape index (κ3) is 2.83. The van der Waals surface area contributed by atoms with Crippen LogP contribution in [-0.4, -0.2) is 22.8 Å². The smallest absolute Gasteiger partial charge is 0.351 e. The molecule has 2 aliphatic rings. The Labute approximate surface area is 134 Å². The Balaban J connectivity index is 1.69. The minimum atomic E-state index is -0.245. The highest BCUT2D eigenvalue weighted by Gasteiger charge is 2.23. The Morgan fingerprint density at radius 3 is 2.91 bits per heavy atom. The van der Waals surface area contributed by atoms with E-state index in [-0.39, 0.29) is 5.69 Å². The maximum atomic E-state index is 12.2. The van der Waals surface area contributed by atoms with Crippen molar-refractivity contribution >= 4 is 0 Å². The molecule has 4 rings (SSSR count). The molecule has 1 aliphatic heterocycles. The molecule has 1 aliphatic carbocycles. The SMILES string of the molecule is CCOc1cc2n(c(=O)n1)CCc1cc(OCC3CC3)ccc1-2. The molecular weight excluding hydrogens is 292 g/mol. The first kappa shape index (κ1) is 14.3. The minimum Gasteiger partial charge on any atom is -0.493 e. The molecule has 0 radical (unpaired) electrons. The number of aromatic nitrogens is 2. The van der Waals surface area contributed by atoms with Gasteiger partial charge in [-0.2, -0.15) is 4.98 Å². The molecule has 0 bridgehead atoms. The molecule has 0 saturated heterocycles. The number of rotatable bonds is 5. The summed E-state index contributed by atoms with van der Waals surface area (Å²) in [5.74, 6) is 2.06. The maximum Gasteiger partial charge on any atom is 0.351 e. The molecule has 1 aromatic heterocycles. The van der Waals surface area contributed by atoms with Crippen LogP contribution in [0.1, 0.15) is 25.3 Å². The van der Waals surface area contributed by atoms with Crippen LogP contribution in [0, 0.1) is 5.92 Å². The van der Waals surface area contributed by atoms with Gasteiger partial charge in [-0.1, -0.05) is 0 Å². The summed E-state index contributed by atoms with van der Waals surface area (Å²) in [6, 6.07) is 7.99. The molecule has 0 spiro atoms. The second kappa shape index (κ2) is 5.72. The lowest BCUT2D eigenvalue weighted by Crippen LogP contribution is -2.28. The van der Waals surface area contributed by atoms with Gasteiger partial charge >= 0.3 is 5.69 Å². The molecule has 0 atom stereocenters. The van der Waals surface area contributed by atoms with Crippen molar-refractivity contribution in [1.82, 2.24) is 9.55 Å². The van der Waals surface area contributed by atoms with Crippen molar-refractivity contribution in [2.75, 3.05) is 13.2 Å². The van der Waals surface area contributed by atoms with Crippen LogP contribution in [0.15, 0.2) is 29.1 Å². The topological polar surface area (TPSA) is 53.4 Å². The van der Waals surface area contributed by atoms with Gasteiger partial charge in [0.05, 0.1) is 18.9 Å². The number of nitrogens with zero attached hydrogens (tertiary/aromatic N) is 2. The number of hydrogen-bond acceptors (Lipinski definition) is 4. The fourth-order valence-corrected chi connectivity index (χ4v) is 2.99. The van der Waals surface area contributed by atoms with Crippen LogP contribution < -0.4 is 15.2 Å². The monoisotopic (exact) mass is 312 g/mol. The molecule has 1 saturated carbocycles. The van der Waals surface area contributed by atoms with Gasteiger partial charge < -0.3 is 9.47 Å². The van der Waals surface area contributed by atoms with E-state index in [4.69, 9.17) is 9.47 Å². The van der Waals surface area contributed by atoms with Crippen LogP contribution >= 0.6 is 0 Å². The normalized spacial score (nSPS) is 15.7. The number of ether oxygens (including phenoxy) is 2. The Bertz CT molecular complexity index is 793. The van der Waals surface area contributed by atoms with Gasteiger partial charge in [0, 0.05) is 18.2 Å². The fraction of sp³-hybridized carbons (Fsp3) is 0.444. The summed E-state index contributed by atoms with van der Waals surface area (Å²) in [4.78, 5) is 16.2. The summed E-state index contributed by atoms with van der Waals surface area (Å²) in [5, 5.41) is 0. The zero-order chi connectivity index (χ0) is 15.8. The van der Waals surface area contributed by atoms with Crippen molar-refractivity contribution < 1.29 is 9.47 Å². The van der Waals surface area contributed by atoms with Gasteiger partial charge in [-0.15, -0.1) is 0 Å². The summed E-state index contributed by atoms with van der Waals surface area (Å²) in [5.41, 5.74) is 2.91. The van der Waals surface area contributed by atoms with Gasteiger partial charge in [0.2, 0.25) is 5.88 Å². The highest BCUT2D eigenvalue weighted by Crippen LogP contribution is 2.34. The van der Waals surface area contributed by atoms with Gasteiger partial charge in [0.25, 0.3) is 0 Å². The standard InChI is InChI=1S/C18H20N2O3/c1-2-22-17-10-16-15-6-5-14(23-11-12-3-4-12)9-13(15)7-8-20(16)18(21)19-17/h5-6,9-10,12H,2-4,7-8,11H2,1H3. The Morgan fingerprint density at radius 2 is 2.13 bits per heavy atom. The van der Waals surface area contributed by atoms with Crippen molar-refractivity contribution in [3.8, 4) is 22.9 Å². The average Bonchev–Trinajstić information content (AvgIpc) is 3.37. The fourth-order valence-electron chi connectivity index (χ4n) is 2.99. The zero-order valence-electron chi connectivity index (χ0n) is 13.2. The van der Waals surface area contributed by atoms with Gasteiger partial charge in [-0.25, -0.2) is 4.79 Å². The molecule has 2 heterocycles. The van der Waals surface area contributed by atoms with E-state index >= 15 is 0 Å². The Morgan fingerprint density at radius 1 is 1.26 bits per heavy atom. The van der Waals surface area contributed by atoms with E-state index in [2.05, 4.69) is 11.1 Å². The van der Waals surface area contributed by atoms with Crippen molar-refractivity contribution in [1.29, 1.82) is 0 Å². The Kier molecular flexibility index (Phi) is 3.56. The van der Waals surface area contributed by atoms with E-state index in [0.717, 1.165) is 36.0 Å². The van der Waals surface area contributed by atoms with Gasteiger partial charge in [0.1, 0.15) is 5.75 Å². The van der Waals surface area contributed by atoms with Gasteiger partial charge in [-0.3, -0.25) is 4.57 Å². The molecule has 23 heavy (non-hydrogen) atoms. The highest BCUT2D eigenvalue weighted by atomic mass is 16.5. The molecular formula is C18H20N2O3. The molecule has 1 fully saturated rings. The quantitative estimate of drug-likeness (QED) is 0.852. The zero-order valence-corrected chi connectivity index (χ0v) is 13.2.